The summed E-state index contributed by atoms with van der Waals surface area (Å²) in [7, 11) is 0. The molecule has 2 aromatic heterocycles. The van der Waals surface area contributed by atoms with E-state index < -0.39 is 0 Å². The summed E-state index contributed by atoms with van der Waals surface area (Å²) in [5.41, 5.74) is 7.82. The molecule has 0 amide bonds. The van der Waals surface area contributed by atoms with Crippen LogP contribution in [0.1, 0.15) is 17.8 Å². The van der Waals surface area contributed by atoms with Crippen molar-refractivity contribution in [3.63, 3.8) is 0 Å². The summed E-state index contributed by atoms with van der Waals surface area (Å²) in [6.45, 7) is 0. The van der Waals surface area contributed by atoms with Gasteiger partial charge in [0.15, 0.2) is 0 Å². The second-order valence-corrected chi connectivity index (χ2v) is 6.90. The Bertz CT molecular complexity index is 1210. The van der Waals surface area contributed by atoms with Gasteiger partial charge in [0, 0.05) is 17.5 Å². The second-order valence-electron chi connectivity index (χ2n) is 6.90. The Balaban J connectivity index is 1.44. The highest BCUT2D eigenvalue weighted by molar-refractivity contribution is 6.06. The van der Waals surface area contributed by atoms with E-state index in [4.69, 9.17) is 15.0 Å². The first-order valence-corrected chi connectivity index (χ1v) is 9.70. The summed E-state index contributed by atoms with van der Waals surface area (Å²) < 4.78 is 0. The van der Waals surface area contributed by atoms with Gasteiger partial charge in [-0.25, -0.2) is 15.0 Å². The van der Waals surface area contributed by atoms with Gasteiger partial charge in [-0.15, -0.1) is 0 Å². The fourth-order valence-corrected chi connectivity index (χ4v) is 3.47. The van der Waals surface area contributed by atoms with Gasteiger partial charge in [-0.2, -0.15) is 0 Å². The van der Waals surface area contributed by atoms with Gasteiger partial charge in [0.1, 0.15) is 0 Å². The summed E-state index contributed by atoms with van der Waals surface area (Å²) in [6.07, 6.45) is 2.89. The molecule has 3 heterocycles. The SMILES string of the molecule is C1=C(c2cccc(-c3ccccc3)n2)N=C(c2cccc(-c3ccccc3)n2)C1. The van der Waals surface area contributed by atoms with Crippen LogP contribution < -0.4 is 0 Å². The Hall–Kier alpha value is -3.85. The lowest BCUT2D eigenvalue weighted by molar-refractivity contribution is 1.25. The fraction of sp³-hybridized carbons (Fsp3) is 0.0385. The average Bonchev–Trinajstić information content (AvgIpc) is 3.31. The van der Waals surface area contributed by atoms with E-state index in [0.717, 1.165) is 51.7 Å². The van der Waals surface area contributed by atoms with Gasteiger partial charge in [-0.05, 0) is 24.3 Å². The van der Waals surface area contributed by atoms with E-state index in [9.17, 15) is 0 Å². The molecule has 3 heteroatoms. The fourth-order valence-electron chi connectivity index (χ4n) is 3.47. The van der Waals surface area contributed by atoms with Crippen molar-refractivity contribution in [2.24, 2.45) is 4.99 Å². The number of aromatic nitrogens is 2. The molecule has 0 bridgehead atoms. The molecule has 2 aromatic carbocycles. The molecule has 1 aliphatic heterocycles. The number of hydrogen-bond acceptors (Lipinski definition) is 3. The van der Waals surface area contributed by atoms with Crippen LogP contribution >= 0.6 is 0 Å². The number of nitrogens with zero attached hydrogens (tertiary/aromatic N) is 3. The minimum Gasteiger partial charge on any atom is -0.249 e. The van der Waals surface area contributed by atoms with E-state index in [1.807, 2.05) is 72.8 Å². The van der Waals surface area contributed by atoms with Crippen LogP contribution in [0.5, 0.6) is 0 Å². The number of pyridine rings is 2. The van der Waals surface area contributed by atoms with E-state index in [1.165, 1.54) is 0 Å². The molecule has 29 heavy (non-hydrogen) atoms. The molecule has 0 radical (unpaired) electrons. The number of aliphatic imine (C=N–C) groups is 1. The van der Waals surface area contributed by atoms with Crippen molar-refractivity contribution in [2.45, 2.75) is 6.42 Å². The summed E-state index contributed by atoms with van der Waals surface area (Å²) >= 11 is 0. The quantitative estimate of drug-likeness (QED) is 0.437. The normalized spacial score (nSPS) is 13.1. The van der Waals surface area contributed by atoms with Crippen molar-refractivity contribution >= 4 is 11.4 Å². The molecule has 0 aliphatic carbocycles. The maximum absolute atomic E-state index is 4.85. The van der Waals surface area contributed by atoms with Crippen molar-refractivity contribution in [1.82, 2.24) is 9.97 Å². The zero-order valence-corrected chi connectivity index (χ0v) is 15.9. The highest BCUT2D eigenvalue weighted by atomic mass is 14.9. The molecule has 0 spiro atoms. The lowest BCUT2D eigenvalue weighted by Gasteiger charge is -2.05. The molecule has 3 nitrogen and oxygen atoms in total. The Morgan fingerprint density at radius 1 is 0.483 bits per heavy atom. The minimum atomic E-state index is 0.762. The molecule has 0 saturated carbocycles. The van der Waals surface area contributed by atoms with Crippen LogP contribution in [0.3, 0.4) is 0 Å². The number of hydrogen-bond donors (Lipinski definition) is 0. The molecule has 0 N–H and O–H groups in total. The minimum absolute atomic E-state index is 0.762. The molecule has 0 atom stereocenters. The van der Waals surface area contributed by atoms with E-state index >= 15 is 0 Å². The first-order chi connectivity index (χ1) is 14.4. The number of benzene rings is 2. The first-order valence-electron chi connectivity index (χ1n) is 9.70. The molecule has 138 valence electrons. The van der Waals surface area contributed by atoms with E-state index in [1.54, 1.807) is 0 Å². The third-order valence-electron chi connectivity index (χ3n) is 4.94. The molecule has 1 aliphatic rings. The summed E-state index contributed by atoms with van der Waals surface area (Å²) in [5.74, 6) is 0. The average molecular weight is 373 g/mol. The Morgan fingerprint density at radius 2 is 1.00 bits per heavy atom. The van der Waals surface area contributed by atoms with Gasteiger partial charge in [0.05, 0.1) is 34.2 Å². The molecular weight excluding hydrogens is 354 g/mol. The monoisotopic (exact) mass is 373 g/mol. The molecule has 4 aromatic rings. The van der Waals surface area contributed by atoms with Crippen LogP contribution in [0.2, 0.25) is 0 Å². The van der Waals surface area contributed by atoms with Crippen LogP contribution in [0.25, 0.3) is 28.2 Å². The lowest BCUT2D eigenvalue weighted by atomic mass is 10.1. The van der Waals surface area contributed by atoms with Crippen LogP contribution in [0.15, 0.2) is 108 Å². The highest BCUT2D eigenvalue weighted by Gasteiger charge is 2.15. The van der Waals surface area contributed by atoms with Crippen LogP contribution in [0.4, 0.5) is 0 Å². The Morgan fingerprint density at radius 3 is 1.62 bits per heavy atom. The van der Waals surface area contributed by atoms with Gasteiger partial charge >= 0.3 is 0 Å². The van der Waals surface area contributed by atoms with E-state index in [2.05, 4.69) is 30.3 Å². The number of rotatable bonds is 4. The van der Waals surface area contributed by atoms with Crippen molar-refractivity contribution in [3.8, 4) is 22.5 Å². The zero-order valence-electron chi connectivity index (χ0n) is 15.9. The summed E-state index contributed by atoms with van der Waals surface area (Å²) in [5, 5.41) is 0. The lowest BCUT2D eigenvalue weighted by Crippen LogP contribution is -2.01. The van der Waals surface area contributed by atoms with Crippen molar-refractivity contribution < 1.29 is 0 Å². The largest absolute Gasteiger partial charge is 0.249 e. The third-order valence-corrected chi connectivity index (χ3v) is 4.94. The van der Waals surface area contributed by atoms with Gasteiger partial charge in [0.2, 0.25) is 0 Å². The first kappa shape index (κ1) is 17.3. The summed E-state index contributed by atoms with van der Waals surface area (Å²) in [6, 6.07) is 32.6. The van der Waals surface area contributed by atoms with Crippen LogP contribution in [0, 0.1) is 0 Å². The standard InChI is InChI=1S/C26H19N3/c1-3-9-19(10-4-1)21-13-7-15-23(27-21)25-17-18-26(29-25)24-16-8-14-22(28-24)20-11-5-2-6-12-20/h1-17H,18H2. The maximum atomic E-state index is 4.85. The third kappa shape index (κ3) is 3.63. The molecule has 0 fully saturated rings. The molecule has 0 unspecified atom stereocenters. The predicted molar refractivity (Wildman–Crippen MR) is 118 cm³/mol. The topological polar surface area (TPSA) is 38.1 Å². The van der Waals surface area contributed by atoms with Crippen LogP contribution in [-0.2, 0) is 0 Å². The smallest absolute Gasteiger partial charge is 0.0890 e. The zero-order chi connectivity index (χ0) is 19.5. The van der Waals surface area contributed by atoms with Crippen molar-refractivity contribution in [3.05, 3.63) is 115 Å². The maximum Gasteiger partial charge on any atom is 0.0890 e. The summed E-state index contributed by atoms with van der Waals surface area (Å²) in [4.78, 5) is 14.5. The van der Waals surface area contributed by atoms with Crippen molar-refractivity contribution in [1.29, 1.82) is 0 Å². The van der Waals surface area contributed by atoms with Gasteiger partial charge in [0.25, 0.3) is 0 Å². The highest BCUT2D eigenvalue weighted by Crippen LogP contribution is 2.26. The van der Waals surface area contributed by atoms with Gasteiger partial charge in [-0.1, -0.05) is 78.9 Å². The molecule has 0 saturated heterocycles. The molecule has 5 rings (SSSR count). The second kappa shape index (κ2) is 7.64. The van der Waals surface area contributed by atoms with Gasteiger partial charge in [-0.3, -0.25) is 0 Å². The van der Waals surface area contributed by atoms with Crippen molar-refractivity contribution in [2.75, 3.05) is 0 Å². The van der Waals surface area contributed by atoms with Crippen LogP contribution in [-0.4, -0.2) is 15.7 Å². The Kier molecular flexibility index (Phi) is 4.55. The van der Waals surface area contributed by atoms with Gasteiger partial charge < -0.3 is 0 Å². The predicted octanol–water partition coefficient (Wildman–Crippen LogP) is 6.04. The van der Waals surface area contributed by atoms with E-state index in [0.29, 0.717) is 0 Å². The molecular formula is C26H19N3. The Labute approximate surface area is 170 Å². The number of allylic oxidation sites excluding steroid dienone is 1. The van der Waals surface area contributed by atoms with E-state index in [-0.39, 0.29) is 0 Å².